The molecule has 92 valence electrons. The molecule has 0 saturated carbocycles. The fraction of sp³-hybridized carbons (Fsp3) is 0.0714. The molecule has 0 aromatic heterocycles. The molecule has 2 rings (SSSR count). The Hall–Kier alpha value is -1.07. The molecule has 0 aliphatic carbocycles. The average molecular weight is 372 g/mol. The lowest BCUT2D eigenvalue weighted by Crippen LogP contribution is -2.12. The maximum absolute atomic E-state index is 12.1. The number of carbonyl (C=O) groups is 1. The molecule has 2 aromatic rings. The third-order valence-corrected chi connectivity index (χ3v) is 3.45. The Morgan fingerprint density at radius 1 is 1.22 bits per heavy atom. The van der Waals surface area contributed by atoms with Crippen molar-refractivity contribution in [3.63, 3.8) is 0 Å². The second-order valence-corrected chi connectivity index (χ2v) is 5.60. The van der Waals surface area contributed by atoms with E-state index in [9.17, 15) is 4.79 Å². The molecule has 0 heterocycles. The minimum absolute atomic E-state index is 0.191. The quantitative estimate of drug-likeness (QED) is 0.774. The first-order valence-corrected chi connectivity index (χ1v) is 6.85. The van der Waals surface area contributed by atoms with Gasteiger partial charge >= 0.3 is 0 Å². The van der Waals surface area contributed by atoms with E-state index < -0.39 is 0 Å². The Bertz CT molecular complexity index is 598. The number of benzene rings is 2. The molecule has 0 aliphatic heterocycles. The van der Waals surface area contributed by atoms with Crippen LogP contribution >= 0.6 is 34.2 Å². The first-order valence-electron chi connectivity index (χ1n) is 5.39. The number of hydrogen-bond donors (Lipinski definition) is 1. The van der Waals surface area contributed by atoms with Crippen LogP contribution in [0.1, 0.15) is 15.9 Å². The van der Waals surface area contributed by atoms with Gasteiger partial charge in [0.05, 0.1) is 10.6 Å². The lowest BCUT2D eigenvalue weighted by Gasteiger charge is -2.07. The van der Waals surface area contributed by atoms with Crippen LogP contribution in [0.5, 0.6) is 0 Å². The van der Waals surface area contributed by atoms with Gasteiger partial charge in [-0.2, -0.15) is 0 Å². The summed E-state index contributed by atoms with van der Waals surface area (Å²) < 4.78 is 0.978. The van der Waals surface area contributed by atoms with E-state index >= 15 is 0 Å². The fourth-order valence-electron chi connectivity index (χ4n) is 1.59. The van der Waals surface area contributed by atoms with Crippen molar-refractivity contribution in [2.45, 2.75) is 6.92 Å². The molecule has 0 atom stereocenters. The van der Waals surface area contributed by atoms with Gasteiger partial charge < -0.3 is 5.32 Å². The van der Waals surface area contributed by atoms with Crippen LogP contribution in [0.25, 0.3) is 0 Å². The molecule has 2 nitrogen and oxygen atoms in total. The molecular weight excluding hydrogens is 361 g/mol. The Morgan fingerprint density at radius 3 is 2.72 bits per heavy atom. The highest BCUT2D eigenvalue weighted by Crippen LogP contribution is 2.20. The summed E-state index contributed by atoms with van der Waals surface area (Å²) in [6.45, 7) is 1.98. The molecule has 0 bridgehead atoms. The lowest BCUT2D eigenvalue weighted by atomic mass is 10.2. The number of nitrogens with one attached hydrogen (secondary N) is 1. The van der Waals surface area contributed by atoms with Gasteiger partial charge in [-0.15, -0.1) is 0 Å². The summed E-state index contributed by atoms with van der Waals surface area (Å²) in [6.07, 6.45) is 0. The molecule has 0 spiro atoms. The van der Waals surface area contributed by atoms with Gasteiger partial charge in [-0.05, 0) is 65.4 Å². The first-order chi connectivity index (χ1) is 8.56. The van der Waals surface area contributed by atoms with Gasteiger partial charge in [-0.3, -0.25) is 4.79 Å². The summed E-state index contributed by atoms with van der Waals surface area (Å²) in [4.78, 5) is 12.1. The van der Waals surface area contributed by atoms with E-state index in [0.717, 1.165) is 14.8 Å². The topological polar surface area (TPSA) is 29.1 Å². The van der Waals surface area contributed by atoms with Gasteiger partial charge in [0, 0.05) is 9.26 Å². The second kappa shape index (κ2) is 5.71. The van der Waals surface area contributed by atoms with Gasteiger partial charge in [0.1, 0.15) is 0 Å². The minimum atomic E-state index is -0.191. The molecule has 1 N–H and O–H groups in total. The maximum atomic E-state index is 12.1. The molecule has 0 saturated heterocycles. The van der Waals surface area contributed by atoms with Gasteiger partial charge in [0.2, 0.25) is 0 Å². The minimum Gasteiger partial charge on any atom is -0.322 e. The van der Waals surface area contributed by atoms with Crippen LogP contribution in [0.15, 0.2) is 42.5 Å². The highest BCUT2D eigenvalue weighted by molar-refractivity contribution is 14.1. The largest absolute Gasteiger partial charge is 0.322 e. The Kier molecular flexibility index (Phi) is 4.24. The number of hydrogen-bond acceptors (Lipinski definition) is 1. The standard InChI is InChI=1S/C14H11ClINO/c1-9-3-2-4-11(7-9)17-14(18)12-8-10(16)5-6-13(12)15/h2-8H,1H3,(H,17,18). The predicted octanol–water partition coefficient (Wildman–Crippen LogP) is 4.51. The van der Waals surface area contributed by atoms with Crippen molar-refractivity contribution in [1.82, 2.24) is 0 Å². The summed E-state index contributed by atoms with van der Waals surface area (Å²) in [6, 6.07) is 13.0. The van der Waals surface area contributed by atoms with E-state index in [0.29, 0.717) is 10.6 Å². The van der Waals surface area contributed by atoms with Gasteiger partial charge in [-0.25, -0.2) is 0 Å². The molecule has 1 amide bonds. The normalized spacial score (nSPS) is 10.2. The van der Waals surface area contributed by atoms with Crippen LogP contribution in [0.3, 0.4) is 0 Å². The number of rotatable bonds is 2. The van der Waals surface area contributed by atoms with Crippen LogP contribution in [0.4, 0.5) is 5.69 Å². The summed E-state index contributed by atoms with van der Waals surface area (Å²) >= 11 is 8.18. The van der Waals surface area contributed by atoms with Crippen LogP contribution < -0.4 is 5.32 Å². The summed E-state index contributed by atoms with van der Waals surface area (Å²) in [7, 11) is 0. The summed E-state index contributed by atoms with van der Waals surface area (Å²) in [5.41, 5.74) is 2.36. The number of anilines is 1. The molecule has 0 fully saturated rings. The average Bonchev–Trinajstić information content (AvgIpc) is 2.32. The zero-order valence-corrected chi connectivity index (χ0v) is 12.6. The molecule has 0 radical (unpaired) electrons. The second-order valence-electron chi connectivity index (χ2n) is 3.95. The molecular formula is C14H11ClINO. The monoisotopic (exact) mass is 371 g/mol. The molecule has 0 unspecified atom stereocenters. The van der Waals surface area contributed by atoms with E-state index in [1.54, 1.807) is 12.1 Å². The number of halogens is 2. The molecule has 4 heteroatoms. The van der Waals surface area contributed by atoms with Crippen molar-refractivity contribution >= 4 is 45.8 Å². The van der Waals surface area contributed by atoms with Crippen molar-refractivity contribution < 1.29 is 4.79 Å². The summed E-state index contributed by atoms with van der Waals surface area (Å²) in [5.74, 6) is -0.191. The van der Waals surface area contributed by atoms with Crippen molar-refractivity contribution in [3.8, 4) is 0 Å². The molecule has 0 aliphatic rings. The highest BCUT2D eigenvalue weighted by atomic mass is 127. The van der Waals surface area contributed by atoms with Crippen molar-refractivity contribution in [1.29, 1.82) is 0 Å². The highest BCUT2D eigenvalue weighted by Gasteiger charge is 2.11. The smallest absolute Gasteiger partial charge is 0.257 e. The van der Waals surface area contributed by atoms with Crippen molar-refractivity contribution in [2.75, 3.05) is 5.32 Å². The van der Waals surface area contributed by atoms with E-state index in [-0.39, 0.29) is 5.91 Å². The third kappa shape index (κ3) is 3.23. The van der Waals surface area contributed by atoms with Gasteiger partial charge in [0.25, 0.3) is 5.91 Å². The Balaban J connectivity index is 2.24. The first kappa shape index (κ1) is 13.4. The van der Waals surface area contributed by atoms with Gasteiger partial charge in [-0.1, -0.05) is 23.7 Å². The lowest BCUT2D eigenvalue weighted by molar-refractivity contribution is 0.102. The van der Waals surface area contributed by atoms with Crippen molar-refractivity contribution in [3.05, 3.63) is 62.2 Å². The van der Waals surface area contributed by atoms with E-state index in [2.05, 4.69) is 27.9 Å². The number of amides is 1. The van der Waals surface area contributed by atoms with Crippen LogP contribution in [0.2, 0.25) is 5.02 Å². The Labute approximate surface area is 124 Å². The number of carbonyl (C=O) groups excluding carboxylic acids is 1. The van der Waals surface area contributed by atoms with Crippen molar-refractivity contribution in [2.24, 2.45) is 0 Å². The molecule has 2 aromatic carbocycles. The van der Waals surface area contributed by atoms with Gasteiger partial charge in [0.15, 0.2) is 0 Å². The maximum Gasteiger partial charge on any atom is 0.257 e. The predicted molar refractivity (Wildman–Crippen MR) is 83.3 cm³/mol. The van der Waals surface area contributed by atoms with E-state index in [1.807, 2.05) is 37.3 Å². The van der Waals surface area contributed by atoms with Crippen LogP contribution in [-0.4, -0.2) is 5.91 Å². The van der Waals surface area contributed by atoms with Crippen LogP contribution in [0, 0.1) is 10.5 Å². The summed E-state index contributed by atoms with van der Waals surface area (Å²) in [5, 5.41) is 3.30. The zero-order chi connectivity index (χ0) is 13.1. The van der Waals surface area contributed by atoms with Crippen LogP contribution in [-0.2, 0) is 0 Å². The van der Waals surface area contributed by atoms with E-state index in [1.165, 1.54) is 0 Å². The van der Waals surface area contributed by atoms with E-state index in [4.69, 9.17) is 11.6 Å². The Morgan fingerprint density at radius 2 is 2.00 bits per heavy atom. The molecule has 18 heavy (non-hydrogen) atoms. The third-order valence-electron chi connectivity index (χ3n) is 2.45. The fourth-order valence-corrected chi connectivity index (χ4v) is 2.29. The SMILES string of the molecule is Cc1cccc(NC(=O)c2cc(I)ccc2Cl)c1. The number of aryl methyl sites for hydroxylation is 1. The zero-order valence-electron chi connectivity index (χ0n) is 9.71.